The Morgan fingerprint density at radius 3 is 2.48 bits per heavy atom. The first-order valence-corrected chi connectivity index (χ1v) is 8.80. The lowest BCUT2D eigenvalue weighted by molar-refractivity contribution is -0.130. The van der Waals surface area contributed by atoms with E-state index in [0.29, 0.717) is 11.0 Å². The first kappa shape index (κ1) is 16.7. The van der Waals surface area contributed by atoms with Gasteiger partial charge in [-0.3, -0.25) is 4.79 Å². The first-order chi connectivity index (χ1) is 9.52. The molecule has 2 saturated heterocycles. The van der Waals surface area contributed by atoms with E-state index in [2.05, 4.69) is 24.5 Å². The highest BCUT2D eigenvalue weighted by atomic mass is 32.2. The fourth-order valence-corrected chi connectivity index (χ4v) is 5.46. The van der Waals surface area contributed by atoms with E-state index in [-0.39, 0.29) is 34.9 Å². The van der Waals surface area contributed by atoms with Gasteiger partial charge in [-0.1, -0.05) is 41.5 Å². The van der Waals surface area contributed by atoms with Gasteiger partial charge in [-0.05, 0) is 11.8 Å². The molecule has 0 radical (unpaired) electrons. The van der Waals surface area contributed by atoms with E-state index in [1.807, 2.05) is 39.5 Å². The number of nitrogens with one attached hydrogen (secondary N) is 2. The van der Waals surface area contributed by atoms with Crippen molar-refractivity contribution in [1.82, 2.24) is 10.6 Å². The van der Waals surface area contributed by atoms with Crippen molar-refractivity contribution in [3.63, 3.8) is 0 Å². The molecule has 4 unspecified atom stereocenters. The lowest BCUT2D eigenvalue weighted by atomic mass is 9.72. The highest BCUT2D eigenvalue weighted by molar-refractivity contribution is 8.00. The minimum Gasteiger partial charge on any atom is -0.332 e. The van der Waals surface area contributed by atoms with Gasteiger partial charge in [-0.25, -0.2) is 4.79 Å². The number of urea groups is 1. The van der Waals surface area contributed by atoms with Crippen molar-refractivity contribution in [2.45, 2.75) is 65.3 Å². The molecule has 0 aromatic rings. The van der Waals surface area contributed by atoms with Crippen molar-refractivity contribution in [3.05, 3.63) is 0 Å². The van der Waals surface area contributed by atoms with Crippen LogP contribution in [0.3, 0.4) is 0 Å². The Labute approximate surface area is 132 Å². The quantitative estimate of drug-likeness (QED) is 0.785. The van der Waals surface area contributed by atoms with Crippen molar-refractivity contribution < 1.29 is 9.59 Å². The van der Waals surface area contributed by atoms with Crippen LogP contribution in [-0.4, -0.2) is 34.9 Å². The average molecular weight is 312 g/mol. The SMILES string of the molecule is CC(CC(C)(C)C1SCC2NC(=O)NC21)C(=O)C(C)(C)C. The molecule has 2 aliphatic rings. The number of carbonyl (C=O) groups is 2. The zero-order valence-electron chi connectivity index (χ0n) is 13.9. The van der Waals surface area contributed by atoms with Crippen molar-refractivity contribution in [3.8, 4) is 0 Å². The smallest absolute Gasteiger partial charge is 0.315 e. The van der Waals surface area contributed by atoms with Crippen LogP contribution < -0.4 is 10.6 Å². The van der Waals surface area contributed by atoms with Gasteiger partial charge in [0.05, 0.1) is 12.1 Å². The Bertz CT molecular complexity index is 442. The van der Waals surface area contributed by atoms with Gasteiger partial charge in [0.25, 0.3) is 0 Å². The fraction of sp³-hybridized carbons (Fsp3) is 0.875. The molecule has 4 atom stereocenters. The van der Waals surface area contributed by atoms with Gasteiger partial charge in [0.2, 0.25) is 0 Å². The second-order valence-corrected chi connectivity index (χ2v) is 9.39. The highest BCUT2D eigenvalue weighted by Crippen LogP contribution is 2.45. The van der Waals surface area contributed by atoms with Gasteiger partial charge in [-0.15, -0.1) is 0 Å². The Balaban J connectivity index is 2.05. The maximum atomic E-state index is 12.4. The summed E-state index contributed by atoms with van der Waals surface area (Å²) in [6.07, 6.45) is 0.861. The molecular weight excluding hydrogens is 284 g/mol. The molecular formula is C16H28N2O2S. The van der Waals surface area contributed by atoms with E-state index in [0.717, 1.165) is 12.2 Å². The second-order valence-electron chi connectivity index (χ2n) is 8.21. The summed E-state index contributed by atoms with van der Waals surface area (Å²) in [5, 5.41) is 6.39. The van der Waals surface area contributed by atoms with Crippen molar-refractivity contribution in [1.29, 1.82) is 0 Å². The topological polar surface area (TPSA) is 58.2 Å². The fourth-order valence-electron chi connectivity index (χ4n) is 3.74. The number of rotatable bonds is 4. The monoisotopic (exact) mass is 312 g/mol. The van der Waals surface area contributed by atoms with Gasteiger partial charge >= 0.3 is 6.03 Å². The molecule has 2 heterocycles. The molecule has 0 aromatic carbocycles. The Morgan fingerprint density at radius 1 is 1.29 bits per heavy atom. The molecule has 2 aliphatic heterocycles. The van der Waals surface area contributed by atoms with Crippen LogP contribution in [0.5, 0.6) is 0 Å². The molecule has 0 spiro atoms. The van der Waals surface area contributed by atoms with Gasteiger partial charge in [0.15, 0.2) is 0 Å². The van der Waals surface area contributed by atoms with Crippen molar-refractivity contribution in [2.75, 3.05) is 5.75 Å². The van der Waals surface area contributed by atoms with Crippen LogP contribution in [0.15, 0.2) is 0 Å². The predicted molar refractivity (Wildman–Crippen MR) is 87.5 cm³/mol. The number of thioether (sulfide) groups is 1. The molecule has 2 fully saturated rings. The summed E-state index contributed by atoms with van der Waals surface area (Å²) in [6, 6.07) is 0.375. The van der Waals surface area contributed by atoms with Gasteiger partial charge < -0.3 is 10.6 Å². The Morgan fingerprint density at radius 2 is 1.90 bits per heavy atom. The molecule has 21 heavy (non-hydrogen) atoms. The summed E-state index contributed by atoms with van der Waals surface area (Å²) in [5.74, 6) is 1.33. The summed E-state index contributed by atoms with van der Waals surface area (Å²) in [5.41, 5.74) is -0.270. The lowest BCUT2D eigenvalue weighted by Gasteiger charge is -2.37. The molecule has 4 nitrogen and oxygen atoms in total. The third-order valence-electron chi connectivity index (χ3n) is 4.62. The Kier molecular flexibility index (Phi) is 4.35. The van der Waals surface area contributed by atoms with E-state index < -0.39 is 0 Å². The first-order valence-electron chi connectivity index (χ1n) is 7.75. The molecule has 2 rings (SSSR count). The highest BCUT2D eigenvalue weighted by Gasteiger charge is 2.49. The average Bonchev–Trinajstić information content (AvgIpc) is 2.84. The molecule has 0 bridgehead atoms. The molecule has 5 heteroatoms. The minimum atomic E-state index is -0.288. The van der Waals surface area contributed by atoms with Crippen LogP contribution in [0.2, 0.25) is 0 Å². The van der Waals surface area contributed by atoms with Crippen LogP contribution in [0, 0.1) is 16.7 Å². The lowest BCUT2D eigenvalue weighted by Crippen LogP contribution is -2.45. The van der Waals surface area contributed by atoms with Crippen molar-refractivity contribution >= 4 is 23.6 Å². The third kappa shape index (κ3) is 3.38. The van der Waals surface area contributed by atoms with E-state index >= 15 is 0 Å². The van der Waals surface area contributed by atoms with Gasteiger partial charge in [0, 0.05) is 22.3 Å². The Hall–Kier alpha value is -0.710. The molecule has 120 valence electrons. The van der Waals surface area contributed by atoms with Crippen LogP contribution in [0.25, 0.3) is 0 Å². The molecule has 0 aliphatic carbocycles. The number of amides is 2. The number of carbonyl (C=O) groups excluding carboxylic acids is 2. The maximum Gasteiger partial charge on any atom is 0.315 e. The number of hydrogen-bond donors (Lipinski definition) is 2. The summed E-state index contributed by atoms with van der Waals surface area (Å²) in [4.78, 5) is 24.0. The van der Waals surface area contributed by atoms with Gasteiger partial charge in [-0.2, -0.15) is 11.8 Å². The van der Waals surface area contributed by atoms with E-state index in [1.165, 1.54) is 0 Å². The zero-order chi connectivity index (χ0) is 16.0. The summed E-state index contributed by atoms with van der Waals surface area (Å²) in [7, 11) is 0. The molecule has 2 N–H and O–H groups in total. The number of ketones is 1. The largest absolute Gasteiger partial charge is 0.332 e. The van der Waals surface area contributed by atoms with Crippen LogP contribution >= 0.6 is 11.8 Å². The summed E-state index contributed by atoms with van der Waals surface area (Å²) in [6.45, 7) is 12.5. The second kappa shape index (κ2) is 5.49. The standard InChI is InChI=1S/C16H28N2O2S/c1-9(12(19)15(2,3)4)7-16(5,6)13-11-10(8-21-13)17-14(20)18-11/h9-11,13H,7-8H2,1-6H3,(H2,17,18,20). The van der Waals surface area contributed by atoms with Crippen LogP contribution in [0.1, 0.15) is 48.0 Å². The van der Waals surface area contributed by atoms with E-state index in [1.54, 1.807) is 0 Å². The number of fused-ring (bicyclic) bond motifs is 1. The van der Waals surface area contributed by atoms with Crippen LogP contribution in [-0.2, 0) is 4.79 Å². The number of hydrogen-bond acceptors (Lipinski definition) is 3. The third-order valence-corrected chi connectivity index (χ3v) is 6.46. The molecule has 2 amide bonds. The molecule has 0 aromatic heterocycles. The minimum absolute atomic E-state index is 0.0176. The molecule has 0 saturated carbocycles. The van der Waals surface area contributed by atoms with Crippen molar-refractivity contribution in [2.24, 2.45) is 16.7 Å². The van der Waals surface area contributed by atoms with E-state index in [9.17, 15) is 9.59 Å². The predicted octanol–water partition coefficient (Wildman–Crippen LogP) is 2.82. The summed E-state index contributed by atoms with van der Waals surface area (Å²) < 4.78 is 0. The van der Waals surface area contributed by atoms with Gasteiger partial charge in [0.1, 0.15) is 5.78 Å². The summed E-state index contributed by atoms with van der Waals surface area (Å²) >= 11 is 1.92. The zero-order valence-corrected chi connectivity index (χ0v) is 14.8. The normalized spacial score (nSPS) is 30.6. The number of Topliss-reactive ketones (excluding diaryl/α,β-unsaturated/α-hetero) is 1. The van der Waals surface area contributed by atoms with Crippen LogP contribution in [0.4, 0.5) is 4.79 Å². The maximum absolute atomic E-state index is 12.4. The van der Waals surface area contributed by atoms with E-state index in [4.69, 9.17) is 0 Å².